The minimum atomic E-state index is -0.234. The zero-order chi connectivity index (χ0) is 16.1. The van der Waals surface area contributed by atoms with Crippen LogP contribution < -0.4 is 0 Å². The van der Waals surface area contributed by atoms with Gasteiger partial charge in [0.15, 0.2) is 0 Å². The van der Waals surface area contributed by atoms with Gasteiger partial charge in [0.25, 0.3) is 0 Å². The molecule has 1 aromatic rings. The molecule has 1 aromatic carbocycles. The number of benzene rings is 1. The number of carbonyl (C=O) groups is 1. The van der Waals surface area contributed by atoms with Crippen molar-refractivity contribution in [2.75, 3.05) is 40.3 Å². The van der Waals surface area contributed by atoms with Crippen molar-refractivity contribution in [1.82, 2.24) is 14.7 Å². The molecule has 0 N–H and O–H groups in total. The molecule has 0 bridgehead atoms. The van der Waals surface area contributed by atoms with Gasteiger partial charge in [-0.15, -0.1) is 0 Å². The number of urea groups is 1. The second kappa shape index (κ2) is 7.28. The van der Waals surface area contributed by atoms with E-state index < -0.39 is 0 Å². The van der Waals surface area contributed by atoms with Crippen molar-refractivity contribution in [3.8, 4) is 6.07 Å². The number of hydrogen-bond donors (Lipinski definition) is 0. The summed E-state index contributed by atoms with van der Waals surface area (Å²) >= 11 is 0. The molecule has 0 saturated carbocycles. The van der Waals surface area contributed by atoms with Crippen LogP contribution >= 0.6 is 0 Å². The molecule has 0 aliphatic carbocycles. The number of piperazine rings is 1. The van der Waals surface area contributed by atoms with Crippen molar-refractivity contribution in [1.29, 1.82) is 5.26 Å². The van der Waals surface area contributed by atoms with Crippen LogP contribution in [0.1, 0.15) is 24.1 Å². The Labute approximate surface area is 132 Å². The van der Waals surface area contributed by atoms with Crippen molar-refractivity contribution in [2.45, 2.75) is 19.4 Å². The Morgan fingerprint density at radius 3 is 2.27 bits per heavy atom. The molecule has 1 saturated heterocycles. The summed E-state index contributed by atoms with van der Waals surface area (Å²) in [7, 11) is 3.53. The van der Waals surface area contributed by atoms with E-state index >= 15 is 0 Å². The van der Waals surface area contributed by atoms with Crippen molar-refractivity contribution >= 4 is 6.03 Å². The smallest absolute Gasteiger partial charge is 0.319 e. The lowest BCUT2D eigenvalue weighted by molar-refractivity contribution is 0.111. The first-order chi connectivity index (χ1) is 10.6. The SMILES string of the molecule is CCc1ccc(C(C#N)N2CCN(C(=O)N(C)C)CC2)cc1. The van der Waals surface area contributed by atoms with Crippen LogP contribution in [0.15, 0.2) is 24.3 Å². The van der Waals surface area contributed by atoms with Crippen LogP contribution in [0.3, 0.4) is 0 Å². The van der Waals surface area contributed by atoms with Gasteiger partial charge in [-0.2, -0.15) is 5.26 Å². The van der Waals surface area contributed by atoms with Crippen LogP contribution in [0.4, 0.5) is 4.79 Å². The molecule has 0 aromatic heterocycles. The molecule has 5 nitrogen and oxygen atoms in total. The first kappa shape index (κ1) is 16.3. The van der Waals surface area contributed by atoms with E-state index in [1.807, 2.05) is 17.0 Å². The van der Waals surface area contributed by atoms with Gasteiger partial charge >= 0.3 is 6.03 Å². The molecule has 22 heavy (non-hydrogen) atoms. The van der Waals surface area contributed by atoms with Gasteiger partial charge in [0.2, 0.25) is 0 Å². The standard InChI is InChI=1S/C17H24N4O/c1-4-14-5-7-15(8-6-14)16(13-18)20-9-11-21(12-10-20)17(22)19(2)3/h5-8,16H,4,9-12H2,1-3H3. The van der Waals surface area contributed by atoms with Crippen LogP contribution in [-0.2, 0) is 6.42 Å². The number of carbonyl (C=O) groups excluding carboxylic acids is 1. The van der Waals surface area contributed by atoms with Crippen molar-refractivity contribution in [2.24, 2.45) is 0 Å². The zero-order valence-electron chi connectivity index (χ0n) is 13.6. The molecule has 1 heterocycles. The monoisotopic (exact) mass is 300 g/mol. The summed E-state index contributed by atoms with van der Waals surface area (Å²) in [5.74, 6) is 0. The number of rotatable bonds is 3. The predicted octanol–water partition coefficient (Wildman–Crippen LogP) is 2.11. The molecular weight excluding hydrogens is 276 g/mol. The summed E-state index contributed by atoms with van der Waals surface area (Å²) in [6.45, 7) is 4.92. The van der Waals surface area contributed by atoms with E-state index in [9.17, 15) is 10.1 Å². The van der Waals surface area contributed by atoms with Crippen LogP contribution in [0.5, 0.6) is 0 Å². The summed E-state index contributed by atoms with van der Waals surface area (Å²) in [4.78, 5) is 17.5. The van der Waals surface area contributed by atoms with E-state index in [1.54, 1.807) is 19.0 Å². The molecule has 2 amide bonds. The Balaban J connectivity index is 2.01. The fourth-order valence-corrected chi connectivity index (χ4v) is 2.76. The van der Waals surface area contributed by atoms with Gasteiger partial charge < -0.3 is 9.80 Å². The maximum absolute atomic E-state index is 12.0. The molecule has 2 rings (SSSR count). The molecule has 1 unspecified atom stereocenters. The predicted molar refractivity (Wildman–Crippen MR) is 86.4 cm³/mol. The van der Waals surface area contributed by atoms with Gasteiger partial charge in [0.05, 0.1) is 6.07 Å². The van der Waals surface area contributed by atoms with Gasteiger partial charge in [-0.1, -0.05) is 31.2 Å². The fraction of sp³-hybridized carbons (Fsp3) is 0.529. The summed E-state index contributed by atoms with van der Waals surface area (Å²) < 4.78 is 0. The highest BCUT2D eigenvalue weighted by Gasteiger charge is 2.27. The highest BCUT2D eigenvalue weighted by Crippen LogP contribution is 2.22. The van der Waals surface area contributed by atoms with E-state index in [1.165, 1.54) is 5.56 Å². The first-order valence-electron chi connectivity index (χ1n) is 7.75. The molecule has 0 spiro atoms. The van der Waals surface area contributed by atoms with Crippen LogP contribution in [0, 0.1) is 11.3 Å². The van der Waals surface area contributed by atoms with E-state index in [4.69, 9.17) is 0 Å². The van der Waals surface area contributed by atoms with Gasteiger partial charge in [-0.25, -0.2) is 4.79 Å². The van der Waals surface area contributed by atoms with Gasteiger partial charge in [-0.05, 0) is 17.5 Å². The lowest BCUT2D eigenvalue weighted by Crippen LogP contribution is -2.52. The molecular formula is C17H24N4O. The third-order valence-corrected chi connectivity index (χ3v) is 4.16. The Kier molecular flexibility index (Phi) is 5.40. The average Bonchev–Trinajstić information content (AvgIpc) is 2.56. The van der Waals surface area contributed by atoms with Crippen molar-refractivity contribution < 1.29 is 4.79 Å². The topological polar surface area (TPSA) is 50.6 Å². The minimum Gasteiger partial charge on any atom is -0.331 e. The number of nitriles is 1. The largest absolute Gasteiger partial charge is 0.331 e. The van der Waals surface area contributed by atoms with Crippen molar-refractivity contribution in [3.63, 3.8) is 0 Å². The maximum atomic E-state index is 12.0. The first-order valence-corrected chi connectivity index (χ1v) is 7.75. The molecule has 1 fully saturated rings. The summed E-state index contributed by atoms with van der Waals surface area (Å²) in [6.07, 6.45) is 1.00. The Hall–Kier alpha value is -2.06. The molecule has 1 aliphatic rings. The normalized spacial score (nSPS) is 16.9. The summed E-state index contributed by atoms with van der Waals surface area (Å²) in [6, 6.07) is 10.5. The highest BCUT2D eigenvalue weighted by molar-refractivity contribution is 5.73. The van der Waals surface area contributed by atoms with Crippen molar-refractivity contribution in [3.05, 3.63) is 35.4 Å². The lowest BCUT2D eigenvalue weighted by Gasteiger charge is -2.37. The second-order valence-electron chi connectivity index (χ2n) is 5.83. The molecule has 1 atom stereocenters. The highest BCUT2D eigenvalue weighted by atomic mass is 16.2. The average molecular weight is 300 g/mol. The van der Waals surface area contributed by atoms with E-state index in [0.29, 0.717) is 13.1 Å². The molecule has 118 valence electrons. The van der Waals surface area contributed by atoms with Gasteiger partial charge in [-0.3, -0.25) is 4.90 Å². The third-order valence-electron chi connectivity index (χ3n) is 4.16. The maximum Gasteiger partial charge on any atom is 0.319 e. The van der Waals surface area contributed by atoms with Crippen LogP contribution in [0.25, 0.3) is 0 Å². The zero-order valence-corrected chi connectivity index (χ0v) is 13.6. The molecule has 1 aliphatic heterocycles. The summed E-state index contributed by atoms with van der Waals surface area (Å²) in [5.41, 5.74) is 2.31. The van der Waals surface area contributed by atoms with E-state index in [-0.39, 0.29) is 12.1 Å². The van der Waals surface area contributed by atoms with Gasteiger partial charge in [0.1, 0.15) is 6.04 Å². The van der Waals surface area contributed by atoms with E-state index in [2.05, 4.69) is 30.0 Å². The fourth-order valence-electron chi connectivity index (χ4n) is 2.76. The molecule has 5 heteroatoms. The minimum absolute atomic E-state index is 0.0421. The number of aryl methyl sites for hydroxylation is 1. The second-order valence-corrected chi connectivity index (χ2v) is 5.83. The molecule has 0 radical (unpaired) electrons. The lowest BCUT2D eigenvalue weighted by atomic mass is 10.0. The summed E-state index contributed by atoms with van der Waals surface area (Å²) in [5, 5.41) is 9.54. The van der Waals surface area contributed by atoms with Gasteiger partial charge in [0, 0.05) is 40.3 Å². The van der Waals surface area contributed by atoms with E-state index in [0.717, 1.165) is 25.1 Å². The number of hydrogen-bond acceptors (Lipinski definition) is 3. The Bertz CT molecular complexity index is 539. The number of amides is 2. The quantitative estimate of drug-likeness (QED) is 0.859. The van der Waals surface area contributed by atoms with Crippen LogP contribution in [0.2, 0.25) is 0 Å². The third kappa shape index (κ3) is 3.58. The van der Waals surface area contributed by atoms with Crippen LogP contribution in [-0.4, -0.2) is 61.0 Å². The Morgan fingerprint density at radius 2 is 1.82 bits per heavy atom. The Morgan fingerprint density at radius 1 is 1.23 bits per heavy atom. The number of nitrogens with zero attached hydrogens (tertiary/aromatic N) is 4.